The molecule has 112 valence electrons. The number of aryl methyl sites for hydroxylation is 1. The Hall–Kier alpha value is -2.46. The molecule has 4 nitrogen and oxygen atoms in total. The van der Waals surface area contributed by atoms with Gasteiger partial charge in [-0.15, -0.1) is 0 Å². The monoisotopic (exact) mass is 292 g/mol. The second-order valence-corrected chi connectivity index (χ2v) is 5.43. The SMILES string of the molecule is Cc1cccc(-n2nc(CCN)cc2-c2cccnc2)c1C. The van der Waals surface area contributed by atoms with E-state index in [2.05, 4.69) is 49.2 Å². The van der Waals surface area contributed by atoms with E-state index in [-0.39, 0.29) is 0 Å². The highest BCUT2D eigenvalue weighted by molar-refractivity contribution is 5.63. The van der Waals surface area contributed by atoms with Crippen molar-refractivity contribution >= 4 is 0 Å². The Morgan fingerprint density at radius 2 is 2.00 bits per heavy atom. The lowest BCUT2D eigenvalue weighted by Crippen LogP contribution is -2.05. The second-order valence-electron chi connectivity index (χ2n) is 5.43. The first-order valence-electron chi connectivity index (χ1n) is 7.46. The Morgan fingerprint density at radius 1 is 1.14 bits per heavy atom. The molecule has 0 radical (unpaired) electrons. The molecular formula is C18H20N4. The molecule has 3 rings (SSSR count). The zero-order valence-corrected chi connectivity index (χ0v) is 13.0. The third kappa shape index (κ3) is 2.65. The average molecular weight is 292 g/mol. The van der Waals surface area contributed by atoms with Gasteiger partial charge < -0.3 is 5.73 Å². The van der Waals surface area contributed by atoms with Crippen LogP contribution in [0.1, 0.15) is 16.8 Å². The van der Waals surface area contributed by atoms with Crippen molar-refractivity contribution in [1.29, 1.82) is 0 Å². The van der Waals surface area contributed by atoms with E-state index < -0.39 is 0 Å². The Morgan fingerprint density at radius 3 is 2.73 bits per heavy atom. The number of benzene rings is 1. The van der Waals surface area contributed by atoms with Gasteiger partial charge in [0.05, 0.1) is 17.1 Å². The van der Waals surface area contributed by atoms with E-state index in [1.165, 1.54) is 11.1 Å². The molecule has 0 amide bonds. The van der Waals surface area contributed by atoms with E-state index in [1.807, 2.05) is 16.9 Å². The van der Waals surface area contributed by atoms with Crippen LogP contribution in [0.25, 0.3) is 16.9 Å². The van der Waals surface area contributed by atoms with Crippen LogP contribution in [0.4, 0.5) is 0 Å². The third-order valence-corrected chi connectivity index (χ3v) is 3.92. The van der Waals surface area contributed by atoms with E-state index in [0.717, 1.165) is 29.1 Å². The Balaban J connectivity index is 2.19. The molecule has 0 fully saturated rings. The van der Waals surface area contributed by atoms with Gasteiger partial charge >= 0.3 is 0 Å². The van der Waals surface area contributed by atoms with Crippen LogP contribution in [0.2, 0.25) is 0 Å². The number of pyridine rings is 1. The van der Waals surface area contributed by atoms with Crippen LogP contribution in [-0.4, -0.2) is 21.3 Å². The van der Waals surface area contributed by atoms with Crippen molar-refractivity contribution in [3.63, 3.8) is 0 Å². The second kappa shape index (κ2) is 6.12. The average Bonchev–Trinajstić information content (AvgIpc) is 2.95. The number of hydrogen-bond donors (Lipinski definition) is 1. The van der Waals surface area contributed by atoms with Gasteiger partial charge in [-0.2, -0.15) is 5.10 Å². The van der Waals surface area contributed by atoms with E-state index in [0.29, 0.717) is 6.54 Å². The molecule has 2 aromatic heterocycles. The van der Waals surface area contributed by atoms with Crippen LogP contribution < -0.4 is 5.73 Å². The van der Waals surface area contributed by atoms with E-state index in [1.54, 1.807) is 6.20 Å². The molecular weight excluding hydrogens is 272 g/mol. The summed E-state index contributed by atoms with van der Waals surface area (Å²) >= 11 is 0. The minimum absolute atomic E-state index is 0.594. The molecule has 0 aliphatic rings. The molecule has 0 saturated heterocycles. The highest BCUT2D eigenvalue weighted by Gasteiger charge is 2.13. The first-order valence-corrected chi connectivity index (χ1v) is 7.46. The summed E-state index contributed by atoms with van der Waals surface area (Å²) in [6, 6.07) is 12.4. The van der Waals surface area contributed by atoms with Gasteiger partial charge in [0.25, 0.3) is 0 Å². The number of rotatable bonds is 4. The molecule has 3 aromatic rings. The Bertz CT molecular complexity index is 775. The topological polar surface area (TPSA) is 56.7 Å². The quantitative estimate of drug-likeness (QED) is 0.804. The van der Waals surface area contributed by atoms with E-state index in [9.17, 15) is 0 Å². The van der Waals surface area contributed by atoms with Crippen molar-refractivity contribution in [3.05, 3.63) is 65.6 Å². The Labute approximate surface area is 130 Å². The molecule has 22 heavy (non-hydrogen) atoms. The predicted octanol–water partition coefficient (Wildman–Crippen LogP) is 3.05. The molecule has 0 spiro atoms. The summed E-state index contributed by atoms with van der Waals surface area (Å²) in [5, 5.41) is 4.76. The maximum Gasteiger partial charge on any atom is 0.0759 e. The first-order chi connectivity index (χ1) is 10.7. The summed E-state index contributed by atoms with van der Waals surface area (Å²) in [5.41, 5.74) is 12.4. The van der Waals surface area contributed by atoms with Crippen molar-refractivity contribution < 1.29 is 0 Å². The fraction of sp³-hybridized carbons (Fsp3) is 0.222. The van der Waals surface area contributed by atoms with Gasteiger partial charge in [0, 0.05) is 24.4 Å². The summed E-state index contributed by atoms with van der Waals surface area (Å²) in [4.78, 5) is 4.23. The van der Waals surface area contributed by atoms with Crippen molar-refractivity contribution in [3.8, 4) is 16.9 Å². The standard InChI is InChI=1S/C18H20N4/c1-13-5-3-7-17(14(13)2)22-18(11-16(21-22)8-9-19)15-6-4-10-20-12-15/h3-7,10-12H,8-9,19H2,1-2H3. The van der Waals surface area contributed by atoms with Crippen LogP contribution in [0.5, 0.6) is 0 Å². The van der Waals surface area contributed by atoms with Crippen LogP contribution in [0.3, 0.4) is 0 Å². The maximum absolute atomic E-state index is 5.69. The molecule has 1 aromatic carbocycles. The molecule has 4 heteroatoms. The lowest BCUT2D eigenvalue weighted by atomic mass is 10.1. The van der Waals surface area contributed by atoms with Gasteiger partial charge in [0.1, 0.15) is 0 Å². The van der Waals surface area contributed by atoms with Crippen molar-refractivity contribution in [2.75, 3.05) is 6.54 Å². The van der Waals surface area contributed by atoms with Gasteiger partial charge in [0.15, 0.2) is 0 Å². The van der Waals surface area contributed by atoms with Gasteiger partial charge in [-0.25, -0.2) is 4.68 Å². The van der Waals surface area contributed by atoms with Crippen LogP contribution >= 0.6 is 0 Å². The zero-order valence-electron chi connectivity index (χ0n) is 13.0. The molecule has 0 bridgehead atoms. The number of hydrogen-bond acceptors (Lipinski definition) is 3. The van der Waals surface area contributed by atoms with Gasteiger partial charge in [-0.1, -0.05) is 12.1 Å². The van der Waals surface area contributed by atoms with E-state index >= 15 is 0 Å². The smallest absolute Gasteiger partial charge is 0.0759 e. The minimum Gasteiger partial charge on any atom is -0.330 e. The summed E-state index contributed by atoms with van der Waals surface area (Å²) < 4.78 is 2.00. The minimum atomic E-state index is 0.594. The van der Waals surface area contributed by atoms with Crippen molar-refractivity contribution in [2.24, 2.45) is 5.73 Å². The maximum atomic E-state index is 5.69. The lowest BCUT2D eigenvalue weighted by Gasteiger charge is -2.12. The van der Waals surface area contributed by atoms with Gasteiger partial charge in [-0.05, 0) is 55.8 Å². The molecule has 0 aliphatic carbocycles. The highest BCUT2D eigenvalue weighted by Crippen LogP contribution is 2.26. The first kappa shape index (κ1) is 14.5. The van der Waals surface area contributed by atoms with Crippen molar-refractivity contribution in [2.45, 2.75) is 20.3 Å². The number of aromatic nitrogens is 3. The van der Waals surface area contributed by atoms with Crippen LogP contribution in [-0.2, 0) is 6.42 Å². The third-order valence-electron chi connectivity index (χ3n) is 3.92. The van der Waals surface area contributed by atoms with Gasteiger partial charge in [-0.3, -0.25) is 4.98 Å². The Kier molecular flexibility index (Phi) is 4.02. The summed E-state index contributed by atoms with van der Waals surface area (Å²) in [5.74, 6) is 0. The summed E-state index contributed by atoms with van der Waals surface area (Å²) in [7, 11) is 0. The van der Waals surface area contributed by atoms with Gasteiger partial charge in [0.2, 0.25) is 0 Å². The summed E-state index contributed by atoms with van der Waals surface area (Å²) in [6.07, 6.45) is 4.42. The normalized spacial score (nSPS) is 10.9. The zero-order chi connectivity index (χ0) is 15.5. The lowest BCUT2D eigenvalue weighted by molar-refractivity contribution is 0.820. The fourth-order valence-electron chi connectivity index (χ4n) is 2.57. The molecule has 2 heterocycles. The van der Waals surface area contributed by atoms with Crippen LogP contribution in [0.15, 0.2) is 48.8 Å². The predicted molar refractivity (Wildman–Crippen MR) is 89.0 cm³/mol. The van der Waals surface area contributed by atoms with Crippen molar-refractivity contribution in [1.82, 2.24) is 14.8 Å². The highest BCUT2D eigenvalue weighted by atomic mass is 15.3. The molecule has 2 N–H and O–H groups in total. The van der Waals surface area contributed by atoms with E-state index in [4.69, 9.17) is 10.8 Å². The number of nitrogens with zero attached hydrogens (tertiary/aromatic N) is 3. The number of nitrogens with two attached hydrogens (primary N) is 1. The molecule has 0 aliphatic heterocycles. The van der Waals surface area contributed by atoms with Crippen LogP contribution in [0, 0.1) is 13.8 Å². The molecule has 0 saturated carbocycles. The fourth-order valence-corrected chi connectivity index (χ4v) is 2.57. The summed E-state index contributed by atoms with van der Waals surface area (Å²) in [6.45, 7) is 4.84. The largest absolute Gasteiger partial charge is 0.330 e. The molecule has 0 atom stereocenters. The molecule has 0 unspecified atom stereocenters.